The molecule has 0 spiro atoms. The van der Waals surface area contributed by atoms with Crippen LogP contribution in [-0.4, -0.2) is 48.9 Å². The molecule has 0 saturated carbocycles. The molecule has 4 nitrogen and oxygen atoms in total. The van der Waals surface area contributed by atoms with E-state index in [-0.39, 0.29) is 12.0 Å². The molecule has 144 valence electrons. The van der Waals surface area contributed by atoms with Crippen molar-refractivity contribution in [3.05, 3.63) is 65.7 Å². The van der Waals surface area contributed by atoms with Gasteiger partial charge in [-0.1, -0.05) is 42.1 Å². The van der Waals surface area contributed by atoms with Crippen LogP contribution in [0.25, 0.3) is 0 Å². The Bertz CT molecular complexity index is 729. The Morgan fingerprint density at radius 3 is 2.63 bits per heavy atom. The average molecular weight is 392 g/mol. The zero-order valence-electron chi connectivity index (χ0n) is 14.8. The van der Waals surface area contributed by atoms with Crippen molar-refractivity contribution in [2.45, 2.75) is 23.3 Å². The van der Waals surface area contributed by atoms with E-state index >= 15 is 0 Å². The molecular weight excluding hydrogens is 370 g/mol. The molecule has 3 rings (SSSR count). The number of amides is 1. The van der Waals surface area contributed by atoms with Gasteiger partial charge in [0.15, 0.2) is 0 Å². The Morgan fingerprint density at radius 2 is 1.93 bits per heavy atom. The lowest BCUT2D eigenvalue weighted by Crippen LogP contribution is -2.47. The number of nitrogens with one attached hydrogen (secondary N) is 1. The highest BCUT2D eigenvalue weighted by Crippen LogP contribution is 2.25. The second-order valence-electron chi connectivity index (χ2n) is 6.33. The van der Waals surface area contributed by atoms with Crippen molar-refractivity contribution in [1.29, 1.82) is 0 Å². The van der Waals surface area contributed by atoms with Crippen LogP contribution in [0.2, 0.25) is 0 Å². The van der Waals surface area contributed by atoms with E-state index in [1.807, 2.05) is 18.2 Å². The lowest BCUT2D eigenvalue weighted by Gasteiger charge is -2.33. The van der Waals surface area contributed by atoms with Gasteiger partial charge in [0.2, 0.25) is 0 Å². The summed E-state index contributed by atoms with van der Waals surface area (Å²) in [6.07, 6.45) is -0.0694. The quantitative estimate of drug-likeness (QED) is 0.731. The van der Waals surface area contributed by atoms with Crippen molar-refractivity contribution in [3.8, 4) is 0 Å². The van der Waals surface area contributed by atoms with Crippen LogP contribution in [-0.2, 0) is 11.3 Å². The number of hydrogen-bond acceptors (Lipinski definition) is 4. The first kappa shape index (κ1) is 19.8. The maximum Gasteiger partial charge on any atom is 0.288 e. The van der Waals surface area contributed by atoms with Gasteiger partial charge < -0.3 is 10.1 Å². The molecular formula is C20H22F2N2O2S. The fraction of sp³-hybridized carbons (Fsp3) is 0.350. The van der Waals surface area contributed by atoms with Gasteiger partial charge in [0.1, 0.15) is 0 Å². The van der Waals surface area contributed by atoms with Gasteiger partial charge in [-0.3, -0.25) is 9.69 Å². The number of carbonyl (C=O) groups excluding carboxylic acids is 1. The maximum absolute atomic E-state index is 12.3. The molecule has 1 N–H and O–H groups in total. The summed E-state index contributed by atoms with van der Waals surface area (Å²) in [5, 5.41) is 2.87. The molecule has 0 radical (unpaired) electrons. The lowest BCUT2D eigenvalue weighted by atomic mass is 10.2. The van der Waals surface area contributed by atoms with Crippen LogP contribution in [0.1, 0.15) is 15.9 Å². The monoisotopic (exact) mass is 392 g/mol. The molecule has 7 heteroatoms. The van der Waals surface area contributed by atoms with Gasteiger partial charge in [0.05, 0.1) is 12.7 Å². The minimum absolute atomic E-state index is 0.0694. The third-order valence-electron chi connectivity index (χ3n) is 4.30. The molecule has 1 fully saturated rings. The number of ether oxygens (including phenoxy) is 1. The highest BCUT2D eigenvalue weighted by Gasteiger charge is 2.21. The van der Waals surface area contributed by atoms with Gasteiger partial charge in [-0.15, -0.1) is 0 Å². The van der Waals surface area contributed by atoms with E-state index in [4.69, 9.17) is 4.74 Å². The van der Waals surface area contributed by atoms with E-state index in [9.17, 15) is 13.6 Å². The van der Waals surface area contributed by atoms with E-state index in [0.29, 0.717) is 35.4 Å². The summed E-state index contributed by atoms with van der Waals surface area (Å²) in [7, 11) is 0. The summed E-state index contributed by atoms with van der Waals surface area (Å²) < 4.78 is 30.4. The van der Waals surface area contributed by atoms with Gasteiger partial charge in [-0.2, -0.15) is 8.78 Å². The van der Waals surface area contributed by atoms with Crippen molar-refractivity contribution in [3.63, 3.8) is 0 Å². The molecule has 1 aliphatic heterocycles. The number of morpholine rings is 1. The molecule has 1 amide bonds. The summed E-state index contributed by atoms with van der Waals surface area (Å²) >= 11 is 0.465. The van der Waals surface area contributed by atoms with Crippen molar-refractivity contribution in [2.75, 3.05) is 26.2 Å². The van der Waals surface area contributed by atoms with Crippen molar-refractivity contribution >= 4 is 17.7 Å². The topological polar surface area (TPSA) is 41.6 Å². The van der Waals surface area contributed by atoms with Gasteiger partial charge in [-0.05, 0) is 29.8 Å². The van der Waals surface area contributed by atoms with Crippen molar-refractivity contribution in [2.24, 2.45) is 0 Å². The van der Waals surface area contributed by atoms with Crippen LogP contribution < -0.4 is 5.32 Å². The first-order valence-electron chi connectivity index (χ1n) is 8.81. The molecule has 0 bridgehead atoms. The Morgan fingerprint density at radius 1 is 1.19 bits per heavy atom. The normalized spacial score (nSPS) is 17.8. The summed E-state index contributed by atoms with van der Waals surface area (Å²) in [5.41, 5.74) is 1.70. The zero-order valence-corrected chi connectivity index (χ0v) is 15.6. The highest BCUT2D eigenvalue weighted by molar-refractivity contribution is 7.99. The minimum Gasteiger partial charge on any atom is -0.374 e. The number of carbonyl (C=O) groups is 1. The second kappa shape index (κ2) is 9.82. The summed E-state index contributed by atoms with van der Waals surface area (Å²) in [6.45, 7) is 3.52. The highest BCUT2D eigenvalue weighted by atomic mass is 32.2. The third-order valence-corrected chi connectivity index (χ3v) is 5.03. The van der Waals surface area contributed by atoms with Crippen LogP contribution in [0.5, 0.6) is 0 Å². The number of hydrogen-bond donors (Lipinski definition) is 1. The van der Waals surface area contributed by atoms with Crippen LogP contribution in [0, 0.1) is 0 Å². The molecule has 1 heterocycles. The standard InChI is InChI=1S/C20H22F2N2O2S/c21-20(22)27-18-8-6-16(7-9-18)19(25)23-12-17-14-24(10-11-26-17)13-15-4-2-1-3-5-15/h1-9,17,20H,10-14H2,(H,23,25). The van der Waals surface area contributed by atoms with Crippen molar-refractivity contribution in [1.82, 2.24) is 10.2 Å². The molecule has 2 aromatic rings. The molecule has 1 unspecified atom stereocenters. The molecule has 0 aromatic heterocycles. The Kier molecular flexibility index (Phi) is 7.20. The van der Waals surface area contributed by atoms with E-state index in [1.165, 1.54) is 17.7 Å². The van der Waals surface area contributed by atoms with Crippen LogP contribution >= 0.6 is 11.8 Å². The minimum atomic E-state index is -2.47. The van der Waals surface area contributed by atoms with Crippen LogP contribution in [0.15, 0.2) is 59.5 Å². The number of benzene rings is 2. The van der Waals surface area contributed by atoms with Gasteiger partial charge in [0, 0.05) is 36.6 Å². The van der Waals surface area contributed by atoms with E-state index < -0.39 is 5.76 Å². The molecule has 1 aliphatic rings. The molecule has 27 heavy (non-hydrogen) atoms. The molecule has 1 saturated heterocycles. The predicted octanol–water partition coefficient (Wildman–Crippen LogP) is 3.63. The number of alkyl halides is 2. The maximum atomic E-state index is 12.3. The fourth-order valence-electron chi connectivity index (χ4n) is 2.99. The van der Waals surface area contributed by atoms with E-state index in [1.54, 1.807) is 12.1 Å². The Hall–Kier alpha value is -1.96. The van der Waals surface area contributed by atoms with Crippen molar-refractivity contribution < 1.29 is 18.3 Å². The third kappa shape index (κ3) is 6.30. The Labute approximate surface area is 161 Å². The average Bonchev–Trinajstić information content (AvgIpc) is 2.67. The molecule has 0 aliphatic carbocycles. The lowest BCUT2D eigenvalue weighted by molar-refractivity contribution is -0.0292. The van der Waals surface area contributed by atoms with E-state index in [2.05, 4.69) is 22.3 Å². The predicted molar refractivity (Wildman–Crippen MR) is 102 cm³/mol. The summed E-state index contributed by atoms with van der Waals surface area (Å²) in [5.74, 6) is -2.70. The Balaban J connectivity index is 1.46. The smallest absolute Gasteiger partial charge is 0.288 e. The summed E-state index contributed by atoms with van der Waals surface area (Å²) in [6, 6.07) is 16.4. The van der Waals surface area contributed by atoms with Gasteiger partial charge >= 0.3 is 0 Å². The van der Waals surface area contributed by atoms with Crippen LogP contribution in [0.4, 0.5) is 8.78 Å². The number of nitrogens with zero attached hydrogens (tertiary/aromatic N) is 1. The van der Waals surface area contributed by atoms with Gasteiger partial charge in [0.25, 0.3) is 11.7 Å². The second-order valence-corrected chi connectivity index (χ2v) is 7.39. The first-order chi connectivity index (χ1) is 13.1. The number of rotatable bonds is 7. The van der Waals surface area contributed by atoms with Gasteiger partial charge in [-0.25, -0.2) is 0 Å². The van der Waals surface area contributed by atoms with Crippen LogP contribution in [0.3, 0.4) is 0 Å². The van der Waals surface area contributed by atoms with E-state index in [0.717, 1.165) is 19.6 Å². The summed E-state index contributed by atoms with van der Waals surface area (Å²) in [4.78, 5) is 15.0. The first-order valence-corrected chi connectivity index (χ1v) is 9.69. The SMILES string of the molecule is O=C(NCC1CN(Cc2ccccc2)CCO1)c1ccc(SC(F)F)cc1. The fourth-order valence-corrected chi connectivity index (χ4v) is 3.48. The largest absolute Gasteiger partial charge is 0.374 e. The zero-order chi connectivity index (χ0) is 19.1. The molecule has 2 aromatic carbocycles. The number of thioether (sulfide) groups is 1. The number of halogens is 2. The molecule has 1 atom stereocenters.